The first-order valence-electron chi connectivity index (χ1n) is 7.71. The number of rotatable bonds is 6. The van der Waals surface area contributed by atoms with Crippen molar-refractivity contribution in [1.82, 2.24) is 14.5 Å². The van der Waals surface area contributed by atoms with Gasteiger partial charge in [0.1, 0.15) is 4.21 Å². The number of nitrogens with zero attached hydrogens (tertiary/aromatic N) is 2. The van der Waals surface area contributed by atoms with Gasteiger partial charge in [0.05, 0.1) is 10.9 Å². The summed E-state index contributed by atoms with van der Waals surface area (Å²) in [5, 5.41) is 1.69. The Balaban J connectivity index is 1.45. The SMILES string of the molecule is O=C(CNS(=O)(=O)c1cccs1)N1CCN(Cc2ccc(Cl)s2)CC1. The molecule has 3 rings (SSSR count). The molecule has 1 aliphatic rings. The molecule has 1 N–H and O–H groups in total. The first-order valence-corrected chi connectivity index (χ1v) is 11.3. The second kappa shape index (κ2) is 8.15. The molecule has 0 aromatic carbocycles. The van der Waals surface area contributed by atoms with Gasteiger partial charge in [-0.3, -0.25) is 9.69 Å². The average Bonchev–Trinajstić information content (AvgIpc) is 3.26. The third-order valence-corrected chi connectivity index (χ3v) is 7.92. The Morgan fingerprint density at radius 2 is 1.96 bits per heavy atom. The number of hydrogen-bond donors (Lipinski definition) is 1. The lowest BCUT2D eigenvalue weighted by atomic mass is 10.3. The van der Waals surface area contributed by atoms with Gasteiger partial charge in [-0.05, 0) is 23.6 Å². The molecule has 3 heterocycles. The van der Waals surface area contributed by atoms with Crippen molar-refractivity contribution in [2.24, 2.45) is 0 Å². The van der Waals surface area contributed by atoms with Crippen molar-refractivity contribution in [3.8, 4) is 0 Å². The van der Waals surface area contributed by atoms with Gasteiger partial charge in [0, 0.05) is 37.6 Å². The van der Waals surface area contributed by atoms with E-state index < -0.39 is 10.0 Å². The lowest BCUT2D eigenvalue weighted by Gasteiger charge is -2.34. The molecule has 0 bridgehead atoms. The summed E-state index contributed by atoms with van der Waals surface area (Å²) in [6.45, 7) is 3.33. The lowest BCUT2D eigenvalue weighted by molar-refractivity contribution is -0.131. The third kappa shape index (κ3) is 5.02. The maximum atomic E-state index is 12.3. The van der Waals surface area contributed by atoms with Crippen LogP contribution in [0.3, 0.4) is 0 Å². The second-order valence-electron chi connectivity index (χ2n) is 5.62. The minimum atomic E-state index is -3.60. The fraction of sp³-hybridized carbons (Fsp3) is 0.400. The van der Waals surface area contributed by atoms with E-state index in [-0.39, 0.29) is 16.7 Å². The van der Waals surface area contributed by atoms with Crippen LogP contribution < -0.4 is 4.72 Å². The molecule has 2 aromatic heterocycles. The van der Waals surface area contributed by atoms with E-state index in [1.807, 2.05) is 12.1 Å². The third-order valence-electron chi connectivity index (χ3n) is 3.91. The van der Waals surface area contributed by atoms with E-state index in [1.54, 1.807) is 27.7 Å². The van der Waals surface area contributed by atoms with Crippen molar-refractivity contribution < 1.29 is 13.2 Å². The van der Waals surface area contributed by atoms with Gasteiger partial charge in [0.15, 0.2) is 0 Å². The molecule has 0 spiro atoms. The summed E-state index contributed by atoms with van der Waals surface area (Å²) >= 11 is 8.64. The highest BCUT2D eigenvalue weighted by atomic mass is 35.5. The zero-order chi connectivity index (χ0) is 17.9. The summed E-state index contributed by atoms with van der Waals surface area (Å²) in [5.41, 5.74) is 0. The minimum Gasteiger partial charge on any atom is -0.339 e. The molecule has 10 heteroatoms. The van der Waals surface area contributed by atoms with Crippen LogP contribution in [0.5, 0.6) is 0 Å². The van der Waals surface area contributed by atoms with Crippen LogP contribution in [-0.2, 0) is 21.4 Å². The number of thiophene rings is 2. The highest BCUT2D eigenvalue weighted by Gasteiger charge is 2.23. The highest BCUT2D eigenvalue weighted by molar-refractivity contribution is 7.91. The Morgan fingerprint density at radius 3 is 2.56 bits per heavy atom. The summed E-state index contributed by atoms with van der Waals surface area (Å²) in [6.07, 6.45) is 0. The van der Waals surface area contributed by atoms with E-state index >= 15 is 0 Å². The van der Waals surface area contributed by atoms with Gasteiger partial charge in [-0.15, -0.1) is 22.7 Å². The Hall–Kier alpha value is -0.970. The van der Waals surface area contributed by atoms with Crippen molar-refractivity contribution in [3.63, 3.8) is 0 Å². The number of nitrogens with one attached hydrogen (secondary N) is 1. The minimum absolute atomic E-state index is 0.195. The second-order valence-corrected chi connectivity index (χ2v) is 10.4. The van der Waals surface area contributed by atoms with Crippen LogP contribution in [0.2, 0.25) is 4.34 Å². The zero-order valence-electron chi connectivity index (χ0n) is 13.4. The maximum Gasteiger partial charge on any atom is 0.250 e. The topological polar surface area (TPSA) is 69.7 Å². The van der Waals surface area contributed by atoms with E-state index in [0.717, 1.165) is 35.3 Å². The Bertz CT molecular complexity index is 812. The monoisotopic (exact) mass is 419 g/mol. The smallest absolute Gasteiger partial charge is 0.250 e. The number of halogens is 1. The average molecular weight is 420 g/mol. The van der Waals surface area contributed by atoms with E-state index in [2.05, 4.69) is 9.62 Å². The van der Waals surface area contributed by atoms with Crippen LogP contribution in [0, 0.1) is 0 Å². The van der Waals surface area contributed by atoms with Crippen LogP contribution in [0.25, 0.3) is 0 Å². The predicted octanol–water partition coefficient (Wildman–Crippen LogP) is 2.09. The molecule has 0 radical (unpaired) electrons. The number of sulfonamides is 1. The van der Waals surface area contributed by atoms with Crippen LogP contribution in [-0.4, -0.2) is 56.8 Å². The van der Waals surface area contributed by atoms with Crippen LogP contribution in [0.1, 0.15) is 4.88 Å². The molecule has 25 heavy (non-hydrogen) atoms. The molecule has 136 valence electrons. The Labute approximate surface area is 160 Å². The summed E-state index contributed by atoms with van der Waals surface area (Å²) in [6, 6.07) is 7.10. The molecule has 0 atom stereocenters. The fourth-order valence-corrected chi connectivity index (χ4v) is 5.71. The van der Waals surface area contributed by atoms with E-state index in [1.165, 1.54) is 10.9 Å². The summed E-state index contributed by atoms with van der Waals surface area (Å²) in [7, 11) is -3.60. The molecule has 1 amide bonds. The van der Waals surface area contributed by atoms with Gasteiger partial charge < -0.3 is 4.90 Å². The number of amides is 1. The molecule has 6 nitrogen and oxygen atoms in total. The zero-order valence-corrected chi connectivity index (χ0v) is 16.6. The first-order chi connectivity index (χ1) is 11.9. The number of carbonyl (C=O) groups excluding carboxylic acids is 1. The van der Waals surface area contributed by atoms with Crippen LogP contribution in [0.15, 0.2) is 33.9 Å². The number of hydrogen-bond acceptors (Lipinski definition) is 6. The van der Waals surface area contributed by atoms with Crippen molar-refractivity contribution >= 4 is 50.2 Å². The van der Waals surface area contributed by atoms with Crippen LogP contribution in [0.4, 0.5) is 0 Å². The Kier molecular flexibility index (Phi) is 6.13. The number of piperazine rings is 1. The van der Waals surface area contributed by atoms with Gasteiger partial charge in [0.25, 0.3) is 10.0 Å². The molecule has 1 aliphatic heterocycles. The molecule has 0 unspecified atom stereocenters. The van der Waals surface area contributed by atoms with Crippen molar-refractivity contribution in [2.45, 2.75) is 10.8 Å². The standard InChI is InChI=1S/C15H18ClN3O3S3/c16-13-4-3-12(24-13)11-18-5-7-19(8-6-18)14(20)10-17-25(21,22)15-2-1-9-23-15/h1-4,9,17H,5-8,10-11H2. The molecule has 1 fully saturated rings. The number of carbonyl (C=O) groups is 1. The van der Waals surface area contributed by atoms with Gasteiger partial charge >= 0.3 is 0 Å². The van der Waals surface area contributed by atoms with Gasteiger partial charge in [0.2, 0.25) is 5.91 Å². The molecular weight excluding hydrogens is 402 g/mol. The molecule has 0 aliphatic carbocycles. The summed E-state index contributed by atoms with van der Waals surface area (Å²) in [4.78, 5) is 17.4. The van der Waals surface area contributed by atoms with Crippen LogP contribution >= 0.6 is 34.3 Å². The first kappa shape index (κ1) is 18.8. The van der Waals surface area contributed by atoms with E-state index in [0.29, 0.717) is 13.1 Å². The summed E-state index contributed by atoms with van der Waals surface area (Å²) < 4.78 is 27.5. The van der Waals surface area contributed by atoms with Gasteiger partial charge in [-0.2, -0.15) is 0 Å². The molecular formula is C15H18ClN3O3S3. The predicted molar refractivity (Wildman–Crippen MR) is 101 cm³/mol. The molecule has 1 saturated heterocycles. The Morgan fingerprint density at radius 1 is 1.20 bits per heavy atom. The van der Waals surface area contributed by atoms with Crippen molar-refractivity contribution in [3.05, 3.63) is 38.9 Å². The van der Waals surface area contributed by atoms with Gasteiger partial charge in [-0.1, -0.05) is 17.7 Å². The van der Waals surface area contributed by atoms with E-state index in [9.17, 15) is 13.2 Å². The van der Waals surface area contributed by atoms with E-state index in [4.69, 9.17) is 11.6 Å². The lowest BCUT2D eigenvalue weighted by Crippen LogP contribution is -2.50. The largest absolute Gasteiger partial charge is 0.339 e. The normalized spacial score (nSPS) is 16.3. The molecule has 0 saturated carbocycles. The van der Waals surface area contributed by atoms with Crippen molar-refractivity contribution in [1.29, 1.82) is 0 Å². The summed E-state index contributed by atoms with van der Waals surface area (Å²) in [5.74, 6) is -0.195. The highest BCUT2D eigenvalue weighted by Crippen LogP contribution is 2.23. The fourth-order valence-electron chi connectivity index (χ4n) is 2.57. The van der Waals surface area contributed by atoms with Crippen molar-refractivity contribution in [2.75, 3.05) is 32.7 Å². The maximum absolute atomic E-state index is 12.3. The molecule has 2 aromatic rings. The quantitative estimate of drug-likeness (QED) is 0.778. The van der Waals surface area contributed by atoms with Gasteiger partial charge in [-0.25, -0.2) is 13.1 Å².